The quantitative estimate of drug-likeness (QED) is 0.183. The van der Waals surface area contributed by atoms with E-state index in [1.165, 1.54) is 22.8 Å². The van der Waals surface area contributed by atoms with Gasteiger partial charge in [0.15, 0.2) is 16.3 Å². The molecule has 41 heavy (non-hydrogen) atoms. The van der Waals surface area contributed by atoms with Crippen molar-refractivity contribution in [2.45, 2.75) is 19.9 Å². The van der Waals surface area contributed by atoms with Crippen molar-refractivity contribution in [2.75, 3.05) is 13.4 Å². The molecule has 2 aromatic carbocycles. The molecule has 2 aliphatic rings. The summed E-state index contributed by atoms with van der Waals surface area (Å²) in [5.41, 5.74) is 1.27. The molecule has 0 aliphatic carbocycles. The zero-order chi connectivity index (χ0) is 28.8. The highest BCUT2D eigenvalue weighted by molar-refractivity contribution is 7.07. The van der Waals surface area contributed by atoms with Crippen LogP contribution in [-0.4, -0.2) is 28.9 Å². The number of carbonyl (C=O) groups is 1. The smallest absolute Gasteiger partial charge is 0.338 e. The van der Waals surface area contributed by atoms with Crippen molar-refractivity contribution < 1.29 is 28.3 Å². The van der Waals surface area contributed by atoms with Crippen LogP contribution in [0.2, 0.25) is 5.02 Å². The molecule has 13 heteroatoms. The Balaban J connectivity index is 1.45. The molecule has 2 aromatic heterocycles. The molecule has 1 atom stereocenters. The number of non-ortho nitro benzene ring substituents is 1. The Kier molecular flexibility index (Phi) is 6.72. The molecule has 0 bridgehead atoms. The fraction of sp³-hybridized carbons (Fsp3) is 0.179. The number of halogens is 1. The molecule has 11 nitrogen and oxygen atoms in total. The average Bonchev–Trinajstić information content (AvgIpc) is 3.67. The lowest BCUT2D eigenvalue weighted by atomic mass is 9.95. The van der Waals surface area contributed by atoms with Crippen LogP contribution < -0.4 is 24.4 Å². The SMILES string of the molecule is CCOC(=O)C1=C(C)N=c2s/c(=C/c3ccc(-c4ccc([N+](=O)[O-])cc4Cl)o3)c(=O)n2C1c1ccc2c(c1)OCO2. The lowest BCUT2D eigenvalue weighted by Gasteiger charge is -2.24. The summed E-state index contributed by atoms with van der Waals surface area (Å²) in [6.07, 6.45) is 1.58. The summed E-state index contributed by atoms with van der Waals surface area (Å²) in [6, 6.07) is 11.9. The molecule has 0 amide bonds. The number of benzene rings is 2. The van der Waals surface area contributed by atoms with Gasteiger partial charge in [-0.3, -0.25) is 19.5 Å². The van der Waals surface area contributed by atoms with Gasteiger partial charge in [0, 0.05) is 23.8 Å². The number of allylic oxidation sites excluding steroid dienone is 1. The summed E-state index contributed by atoms with van der Waals surface area (Å²) in [4.78, 5) is 42.4. The van der Waals surface area contributed by atoms with Crippen molar-refractivity contribution in [3.05, 3.63) is 106 Å². The molecule has 2 aliphatic heterocycles. The number of ether oxygens (including phenoxy) is 3. The molecule has 0 saturated carbocycles. The maximum Gasteiger partial charge on any atom is 0.338 e. The normalized spacial score (nSPS) is 16.0. The molecule has 0 N–H and O–H groups in total. The first-order chi connectivity index (χ1) is 19.7. The van der Waals surface area contributed by atoms with Crippen LogP contribution in [0.15, 0.2) is 74.0 Å². The fourth-order valence-electron chi connectivity index (χ4n) is 4.71. The molecule has 0 fully saturated rings. The Hall–Kier alpha value is -4.68. The van der Waals surface area contributed by atoms with Gasteiger partial charge in [-0.2, -0.15) is 0 Å². The summed E-state index contributed by atoms with van der Waals surface area (Å²) in [6.45, 7) is 3.65. The van der Waals surface area contributed by atoms with Crippen LogP contribution in [0.5, 0.6) is 11.5 Å². The number of rotatable bonds is 6. The highest BCUT2D eigenvalue weighted by atomic mass is 35.5. The monoisotopic (exact) mass is 593 g/mol. The highest BCUT2D eigenvalue weighted by Crippen LogP contribution is 2.38. The van der Waals surface area contributed by atoms with Crippen molar-refractivity contribution in [1.82, 2.24) is 4.57 Å². The zero-order valence-electron chi connectivity index (χ0n) is 21.6. The second kappa shape index (κ2) is 10.4. The standard InChI is InChI=1S/C28H20ClN3O8S/c1-3-37-27(34)24-14(2)30-28-31(25(24)15-4-8-21-22(10-15)39-13-38-21)26(33)23(41-28)12-17-6-9-20(40-17)18-7-5-16(32(35)36)11-19(18)29/h4-12,25H,3,13H2,1-2H3/b23-12+. The van der Waals surface area contributed by atoms with Gasteiger partial charge in [-0.05, 0) is 49.7 Å². The molecule has 4 aromatic rings. The summed E-state index contributed by atoms with van der Waals surface area (Å²) in [5, 5.41) is 11.2. The molecular weight excluding hydrogens is 574 g/mol. The first-order valence-corrected chi connectivity index (χ1v) is 13.6. The lowest BCUT2D eigenvalue weighted by molar-refractivity contribution is -0.384. The van der Waals surface area contributed by atoms with E-state index in [0.29, 0.717) is 49.2 Å². The number of nitro benzene ring substituents is 1. The van der Waals surface area contributed by atoms with Crippen LogP contribution in [0, 0.1) is 10.1 Å². The van der Waals surface area contributed by atoms with E-state index in [9.17, 15) is 19.7 Å². The Morgan fingerprint density at radius 1 is 1.22 bits per heavy atom. The number of aromatic nitrogens is 1. The van der Waals surface area contributed by atoms with E-state index in [-0.39, 0.29) is 35.2 Å². The van der Waals surface area contributed by atoms with E-state index in [1.54, 1.807) is 50.3 Å². The highest BCUT2D eigenvalue weighted by Gasteiger charge is 2.34. The van der Waals surface area contributed by atoms with Crippen LogP contribution in [-0.2, 0) is 9.53 Å². The van der Waals surface area contributed by atoms with Crippen LogP contribution in [0.25, 0.3) is 17.4 Å². The minimum absolute atomic E-state index is 0.0807. The lowest BCUT2D eigenvalue weighted by Crippen LogP contribution is -2.39. The van der Waals surface area contributed by atoms with Crippen molar-refractivity contribution >= 4 is 40.7 Å². The van der Waals surface area contributed by atoms with Gasteiger partial charge in [0.25, 0.3) is 11.2 Å². The minimum atomic E-state index is -0.812. The van der Waals surface area contributed by atoms with Crippen LogP contribution in [0.3, 0.4) is 0 Å². The maximum absolute atomic E-state index is 13.8. The molecule has 0 saturated heterocycles. The third-order valence-corrected chi connectivity index (χ3v) is 7.85. The number of fused-ring (bicyclic) bond motifs is 2. The van der Waals surface area contributed by atoms with Gasteiger partial charge in [-0.15, -0.1) is 0 Å². The summed E-state index contributed by atoms with van der Waals surface area (Å²) >= 11 is 7.41. The van der Waals surface area contributed by atoms with E-state index in [0.717, 1.165) is 11.3 Å². The van der Waals surface area contributed by atoms with Gasteiger partial charge in [0.05, 0.1) is 38.4 Å². The van der Waals surface area contributed by atoms with Crippen molar-refractivity contribution in [2.24, 2.45) is 4.99 Å². The number of thiazole rings is 1. The van der Waals surface area contributed by atoms with Gasteiger partial charge in [-0.25, -0.2) is 9.79 Å². The maximum atomic E-state index is 13.8. The van der Waals surface area contributed by atoms with Gasteiger partial charge < -0.3 is 18.6 Å². The predicted octanol–water partition coefficient (Wildman–Crippen LogP) is 4.35. The van der Waals surface area contributed by atoms with E-state index in [2.05, 4.69) is 4.99 Å². The number of esters is 1. The molecule has 6 rings (SSSR count). The minimum Gasteiger partial charge on any atom is -0.463 e. The van der Waals surface area contributed by atoms with Gasteiger partial charge in [0.2, 0.25) is 6.79 Å². The molecular formula is C28H20ClN3O8S. The van der Waals surface area contributed by atoms with Crippen LogP contribution >= 0.6 is 22.9 Å². The summed E-state index contributed by atoms with van der Waals surface area (Å²) in [7, 11) is 0. The number of nitro groups is 1. The summed E-state index contributed by atoms with van der Waals surface area (Å²) in [5.74, 6) is 1.25. The third kappa shape index (κ3) is 4.70. The molecule has 4 heterocycles. The average molecular weight is 594 g/mol. The first-order valence-electron chi connectivity index (χ1n) is 12.4. The second-order valence-corrected chi connectivity index (χ2v) is 10.5. The van der Waals surface area contributed by atoms with Crippen molar-refractivity contribution in [3.63, 3.8) is 0 Å². The Bertz CT molecular complexity index is 1950. The fourth-order valence-corrected chi connectivity index (χ4v) is 6.01. The van der Waals surface area contributed by atoms with Crippen molar-refractivity contribution in [1.29, 1.82) is 0 Å². The largest absolute Gasteiger partial charge is 0.463 e. The molecule has 208 valence electrons. The van der Waals surface area contributed by atoms with E-state index >= 15 is 0 Å². The first kappa shape index (κ1) is 26.5. The zero-order valence-corrected chi connectivity index (χ0v) is 23.2. The summed E-state index contributed by atoms with van der Waals surface area (Å²) < 4.78 is 24.0. The second-order valence-electron chi connectivity index (χ2n) is 9.04. The Labute approximate surface area is 240 Å². The van der Waals surface area contributed by atoms with Crippen molar-refractivity contribution in [3.8, 4) is 22.8 Å². The Morgan fingerprint density at radius 2 is 2.02 bits per heavy atom. The van der Waals surface area contributed by atoms with Gasteiger partial charge in [0.1, 0.15) is 11.5 Å². The number of furan rings is 1. The molecule has 1 unspecified atom stereocenters. The van der Waals surface area contributed by atoms with E-state index in [1.807, 2.05) is 0 Å². The Morgan fingerprint density at radius 3 is 2.78 bits per heavy atom. The topological polar surface area (TPSA) is 135 Å². The van der Waals surface area contributed by atoms with E-state index in [4.69, 9.17) is 30.2 Å². The number of carbonyl (C=O) groups excluding carboxylic acids is 1. The van der Waals surface area contributed by atoms with E-state index < -0.39 is 16.9 Å². The number of hydrogen-bond donors (Lipinski definition) is 0. The van der Waals surface area contributed by atoms with Gasteiger partial charge >= 0.3 is 5.97 Å². The number of nitrogens with zero attached hydrogens (tertiary/aromatic N) is 3. The van der Waals surface area contributed by atoms with Crippen LogP contribution in [0.1, 0.15) is 31.2 Å². The van der Waals surface area contributed by atoms with Gasteiger partial charge in [-0.1, -0.05) is 29.0 Å². The predicted molar refractivity (Wildman–Crippen MR) is 149 cm³/mol. The molecule has 0 spiro atoms. The third-order valence-electron chi connectivity index (χ3n) is 6.56. The van der Waals surface area contributed by atoms with Crippen LogP contribution in [0.4, 0.5) is 5.69 Å². The molecule has 0 radical (unpaired) electrons. The number of hydrogen-bond acceptors (Lipinski definition) is 10.